The molecule has 1 atom stereocenters. The second kappa shape index (κ2) is 8.63. The van der Waals surface area contributed by atoms with Crippen LogP contribution >= 0.6 is 22.9 Å². The quantitative estimate of drug-likeness (QED) is 0.629. The smallest absolute Gasteiger partial charge is 0.269 e. The van der Waals surface area contributed by atoms with Crippen molar-refractivity contribution < 1.29 is 18.0 Å². The third-order valence-electron chi connectivity index (χ3n) is 3.40. The zero-order chi connectivity index (χ0) is 19.3. The summed E-state index contributed by atoms with van der Waals surface area (Å²) in [5.74, 6) is -1.54. The molecule has 1 unspecified atom stereocenters. The monoisotopic (exact) mass is 415 g/mol. The van der Waals surface area contributed by atoms with Crippen LogP contribution in [-0.4, -0.2) is 26.3 Å². The van der Waals surface area contributed by atoms with Gasteiger partial charge in [0, 0.05) is 10.6 Å². The van der Waals surface area contributed by atoms with E-state index in [-0.39, 0.29) is 10.1 Å². The molecule has 1 aromatic heterocycles. The Labute approximate surface area is 160 Å². The van der Waals surface area contributed by atoms with Crippen molar-refractivity contribution in [2.75, 3.05) is 0 Å². The Morgan fingerprint density at radius 2 is 1.73 bits per heavy atom. The molecule has 0 radical (unpaired) electrons. The van der Waals surface area contributed by atoms with Gasteiger partial charge in [0.25, 0.3) is 21.8 Å². The Hall–Kier alpha value is -1.94. The highest BCUT2D eigenvalue weighted by molar-refractivity contribution is 7.91. The highest BCUT2D eigenvalue weighted by Crippen LogP contribution is 2.17. The fourth-order valence-electron chi connectivity index (χ4n) is 2.00. The number of halogens is 1. The van der Waals surface area contributed by atoms with Crippen LogP contribution in [-0.2, 0) is 14.8 Å². The molecule has 0 saturated carbocycles. The van der Waals surface area contributed by atoms with E-state index in [9.17, 15) is 18.0 Å². The third-order valence-corrected chi connectivity index (χ3v) is 6.49. The van der Waals surface area contributed by atoms with E-state index >= 15 is 0 Å². The maximum atomic E-state index is 12.4. The Bertz CT molecular complexity index is 865. The molecule has 1 aromatic carbocycles. The van der Waals surface area contributed by atoms with Crippen molar-refractivity contribution in [1.29, 1.82) is 0 Å². The molecule has 0 aliphatic carbocycles. The summed E-state index contributed by atoms with van der Waals surface area (Å²) in [5.41, 5.74) is 4.81. The Balaban J connectivity index is 2.02. The van der Waals surface area contributed by atoms with Gasteiger partial charge in [0.15, 0.2) is 0 Å². The van der Waals surface area contributed by atoms with Gasteiger partial charge in [-0.1, -0.05) is 31.5 Å². The van der Waals surface area contributed by atoms with Crippen LogP contribution < -0.4 is 15.6 Å². The van der Waals surface area contributed by atoms with Gasteiger partial charge in [-0.05, 0) is 41.6 Å². The molecule has 0 fully saturated rings. The summed E-state index contributed by atoms with van der Waals surface area (Å²) in [6, 6.07) is 8.11. The molecule has 2 aromatic rings. The summed E-state index contributed by atoms with van der Waals surface area (Å²) in [6.45, 7) is 3.39. The van der Waals surface area contributed by atoms with E-state index in [0.717, 1.165) is 11.3 Å². The highest BCUT2D eigenvalue weighted by Gasteiger charge is 2.29. The molecule has 0 spiro atoms. The molecule has 140 valence electrons. The molecule has 0 aliphatic rings. The summed E-state index contributed by atoms with van der Waals surface area (Å²) in [4.78, 5) is 24.4. The van der Waals surface area contributed by atoms with E-state index in [4.69, 9.17) is 11.6 Å². The minimum Gasteiger partial charge on any atom is -0.271 e. The van der Waals surface area contributed by atoms with Crippen molar-refractivity contribution in [1.82, 2.24) is 15.6 Å². The largest absolute Gasteiger partial charge is 0.271 e. The third kappa shape index (κ3) is 5.28. The van der Waals surface area contributed by atoms with Gasteiger partial charge >= 0.3 is 0 Å². The molecule has 0 aliphatic heterocycles. The molecular weight excluding hydrogens is 398 g/mol. The number of hydrazine groups is 1. The fraction of sp³-hybridized carbons (Fsp3) is 0.250. The zero-order valence-corrected chi connectivity index (χ0v) is 16.4. The van der Waals surface area contributed by atoms with Crippen molar-refractivity contribution >= 4 is 44.8 Å². The zero-order valence-electron chi connectivity index (χ0n) is 14.0. The van der Waals surface area contributed by atoms with Crippen LogP contribution in [0.2, 0.25) is 5.02 Å². The average Bonchev–Trinajstić information content (AvgIpc) is 3.13. The summed E-state index contributed by atoms with van der Waals surface area (Å²) >= 11 is 6.81. The number of nitrogens with one attached hydrogen (secondary N) is 3. The molecule has 3 N–H and O–H groups in total. The maximum Gasteiger partial charge on any atom is 0.269 e. The van der Waals surface area contributed by atoms with Gasteiger partial charge in [0.1, 0.15) is 10.3 Å². The number of rotatable bonds is 6. The van der Waals surface area contributed by atoms with Gasteiger partial charge in [-0.25, -0.2) is 8.42 Å². The minimum absolute atomic E-state index is 0.112. The number of amides is 2. The second-order valence-electron chi connectivity index (χ2n) is 5.73. The van der Waals surface area contributed by atoms with E-state index in [1.807, 2.05) is 0 Å². The Kier molecular flexibility index (Phi) is 6.76. The fourth-order valence-corrected chi connectivity index (χ4v) is 4.48. The van der Waals surface area contributed by atoms with Gasteiger partial charge in [0.2, 0.25) is 0 Å². The van der Waals surface area contributed by atoms with E-state index in [1.54, 1.807) is 37.4 Å². The maximum absolute atomic E-state index is 12.4. The van der Waals surface area contributed by atoms with Gasteiger partial charge < -0.3 is 0 Å². The minimum atomic E-state index is -3.82. The predicted molar refractivity (Wildman–Crippen MR) is 100 cm³/mol. The molecule has 2 rings (SSSR count). The Morgan fingerprint density at radius 3 is 2.27 bits per heavy atom. The lowest BCUT2D eigenvalue weighted by molar-refractivity contribution is -0.124. The number of hydrogen-bond donors (Lipinski definition) is 3. The summed E-state index contributed by atoms with van der Waals surface area (Å²) in [6.07, 6.45) is 0. The van der Waals surface area contributed by atoms with Crippen molar-refractivity contribution in [2.45, 2.75) is 24.1 Å². The number of carbonyl (C=O) groups is 2. The SMILES string of the molecule is CC(C)C(NS(=O)(=O)c1cccs1)C(=O)NNC(=O)c1ccc(Cl)cc1. The van der Waals surface area contributed by atoms with Crippen molar-refractivity contribution in [2.24, 2.45) is 5.92 Å². The first-order chi connectivity index (χ1) is 12.2. The standard InChI is InChI=1S/C16H18ClN3O4S2/c1-10(2)14(20-26(23,24)13-4-3-9-25-13)16(22)19-18-15(21)11-5-7-12(17)8-6-11/h3-10,14,20H,1-2H3,(H,18,21)(H,19,22). The van der Waals surface area contributed by atoms with Crippen LogP contribution in [0.25, 0.3) is 0 Å². The van der Waals surface area contributed by atoms with Gasteiger partial charge in [0.05, 0.1) is 0 Å². The lowest BCUT2D eigenvalue weighted by Crippen LogP contribution is -2.54. The van der Waals surface area contributed by atoms with E-state index in [2.05, 4.69) is 15.6 Å². The van der Waals surface area contributed by atoms with Crippen LogP contribution in [0.15, 0.2) is 46.0 Å². The van der Waals surface area contributed by atoms with Crippen LogP contribution in [0.3, 0.4) is 0 Å². The van der Waals surface area contributed by atoms with Crippen molar-refractivity contribution in [3.05, 3.63) is 52.4 Å². The van der Waals surface area contributed by atoms with Crippen molar-refractivity contribution in [3.8, 4) is 0 Å². The number of benzene rings is 1. The average molecular weight is 416 g/mol. The van der Waals surface area contributed by atoms with E-state index < -0.39 is 27.9 Å². The summed E-state index contributed by atoms with van der Waals surface area (Å²) < 4.78 is 27.1. The molecular formula is C16H18ClN3O4S2. The van der Waals surface area contributed by atoms with E-state index in [1.165, 1.54) is 18.2 Å². The summed E-state index contributed by atoms with van der Waals surface area (Å²) in [5, 5.41) is 2.11. The van der Waals surface area contributed by atoms with Crippen LogP contribution in [0.4, 0.5) is 0 Å². The van der Waals surface area contributed by atoms with Crippen LogP contribution in [0.1, 0.15) is 24.2 Å². The molecule has 26 heavy (non-hydrogen) atoms. The molecule has 7 nitrogen and oxygen atoms in total. The normalized spacial score (nSPS) is 12.6. The summed E-state index contributed by atoms with van der Waals surface area (Å²) in [7, 11) is -3.82. The Morgan fingerprint density at radius 1 is 1.08 bits per heavy atom. The lowest BCUT2D eigenvalue weighted by atomic mass is 10.1. The topological polar surface area (TPSA) is 104 Å². The highest BCUT2D eigenvalue weighted by atomic mass is 35.5. The number of sulfonamides is 1. The number of carbonyl (C=O) groups excluding carboxylic acids is 2. The van der Waals surface area contributed by atoms with Gasteiger partial charge in [-0.2, -0.15) is 4.72 Å². The molecule has 0 bridgehead atoms. The first-order valence-corrected chi connectivity index (χ1v) is 10.4. The molecule has 0 saturated heterocycles. The van der Waals surface area contributed by atoms with Crippen LogP contribution in [0, 0.1) is 5.92 Å². The van der Waals surface area contributed by atoms with Crippen LogP contribution in [0.5, 0.6) is 0 Å². The first kappa shape index (κ1) is 20.4. The molecule has 10 heteroatoms. The molecule has 1 heterocycles. The predicted octanol–water partition coefficient (Wildman–Crippen LogP) is 2.17. The molecule has 2 amide bonds. The van der Waals surface area contributed by atoms with Crippen molar-refractivity contribution in [3.63, 3.8) is 0 Å². The lowest BCUT2D eigenvalue weighted by Gasteiger charge is -2.21. The van der Waals surface area contributed by atoms with Gasteiger partial charge in [-0.15, -0.1) is 11.3 Å². The number of hydrogen-bond acceptors (Lipinski definition) is 5. The number of thiophene rings is 1. The van der Waals surface area contributed by atoms with Gasteiger partial charge in [-0.3, -0.25) is 20.4 Å². The first-order valence-electron chi connectivity index (χ1n) is 7.62. The second-order valence-corrected chi connectivity index (χ2v) is 9.05. The van der Waals surface area contributed by atoms with E-state index in [0.29, 0.717) is 10.6 Å².